The molecule has 4 aliphatic heterocycles. The van der Waals surface area contributed by atoms with Crippen molar-refractivity contribution < 1.29 is 19.1 Å². The van der Waals surface area contributed by atoms with Gasteiger partial charge in [-0.15, -0.1) is 5.10 Å². The Hall–Kier alpha value is -3.88. The third kappa shape index (κ3) is 4.97. The maximum absolute atomic E-state index is 13.9. The molecule has 0 N–H and O–H groups in total. The van der Waals surface area contributed by atoms with Crippen molar-refractivity contribution in [3.8, 4) is 11.5 Å². The first-order valence-corrected chi connectivity index (χ1v) is 13.5. The van der Waals surface area contributed by atoms with Crippen LogP contribution in [0.2, 0.25) is 0 Å². The fourth-order valence-corrected chi connectivity index (χ4v) is 5.83. The normalized spacial score (nSPS) is 19.9. The Bertz CT molecular complexity index is 1330. The van der Waals surface area contributed by atoms with Crippen molar-refractivity contribution in [2.45, 2.75) is 51.8 Å². The first kappa shape index (κ1) is 24.5. The Morgan fingerprint density at radius 2 is 1.82 bits per heavy atom. The summed E-state index contributed by atoms with van der Waals surface area (Å²) >= 11 is 0. The second kappa shape index (κ2) is 10.5. The first-order chi connectivity index (χ1) is 18.5. The third-order valence-electron chi connectivity index (χ3n) is 7.86. The molecule has 38 heavy (non-hydrogen) atoms. The van der Waals surface area contributed by atoms with Gasteiger partial charge in [-0.1, -0.05) is 23.4 Å². The molecule has 198 valence electrons. The highest BCUT2D eigenvalue weighted by Crippen LogP contribution is 2.39. The van der Waals surface area contributed by atoms with Crippen LogP contribution < -0.4 is 9.47 Å². The van der Waals surface area contributed by atoms with Crippen LogP contribution in [0.15, 0.2) is 48.7 Å². The van der Waals surface area contributed by atoms with Crippen molar-refractivity contribution in [2.75, 3.05) is 26.2 Å². The SMILES string of the molecule is CC(=O)N1CCC(C(=O)N2CCc3cc4ccc3C2c2cccc(c2)OCCCn2cc(nn2)CO4)CC1. The number of aryl methyl sites for hydroxylation is 1. The summed E-state index contributed by atoms with van der Waals surface area (Å²) in [7, 11) is 0. The van der Waals surface area contributed by atoms with Gasteiger partial charge in [0.05, 0.1) is 18.8 Å². The number of likely N-dealkylation sites (tertiary alicyclic amines) is 1. The zero-order valence-corrected chi connectivity index (χ0v) is 21.7. The molecule has 1 fully saturated rings. The summed E-state index contributed by atoms with van der Waals surface area (Å²) in [5.41, 5.74) is 4.12. The highest BCUT2D eigenvalue weighted by molar-refractivity contribution is 5.81. The van der Waals surface area contributed by atoms with Gasteiger partial charge >= 0.3 is 0 Å². The molecule has 4 aliphatic rings. The molecule has 0 saturated carbocycles. The zero-order valence-electron chi connectivity index (χ0n) is 21.7. The van der Waals surface area contributed by atoms with Gasteiger partial charge in [-0.05, 0) is 60.2 Å². The summed E-state index contributed by atoms with van der Waals surface area (Å²) in [6.07, 6.45) is 4.87. The monoisotopic (exact) mass is 515 g/mol. The third-order valence-corrected chi connectivity index (χ3v) is 7.86. The number of piperidine rings is 1. The Kier molecular flexibility index (Phi) is 6.74. The molecule has 0 aliphatic carbocycles. The Labute approximate surface area is 222 Å². The largest absolute Gasteiger partial charge is 0.494 e. The molecule has 0 radical (unpaired) electrons. The number of hydrogen-bond acceptors (Lipinski definition) is 6. The van der Waals surface area contributed by atoms with Crippen LogP contribution >= 0.6 is 0 Å². The smallest absolute Gasteiger partial charge is 0.226 e. The number of nitrogens with zero attached hydrogens (tertiary/aromatic N) is 5. The van der Waals surface area contributed by atoms with Gasteiger partial charge in [0.2, 0.25) is 11.8 Å². The van der Waals surface area contributed by atoms with Crippen molar-refractivity contribution in [3.05, 3.63) is 71.0 Å². The van der Waals surface area contributed by atoms with Gasteiger partial charge in [-0.2, -0.15) is 0 Å². The van der Waals surface area contributed by atoms with Gasteiger partial charge in [0, 0.05) is 45.4 Å². The summed E-state index contributed by atoms with van der Waals surface area (Å²) < 4.78 is 14.0. The number of ether oxygens (including phenoxy) is 2. The van der Waals surface area contributed by atoms with Crippen molar-refractivity contribution in [1.29, 1.82) is 0 Å². The van der Waals surface area contributed by atoms with Crippen molar-refractivity contribution in [3.63, 3.8) is 0 Å². The van der Waals surface area contributed by atoms with Crippen molar-refractivity contribution in [1.82, 2.24) is 24.8 Å². The number of aromatic nitrogens is 3. The molecule has 2 amide bonds. The van der Waals surface area contributed by atoms with E-state index in [1.807, 2.05) is 38.9 Å². The number of fused-ring (bicyclic) bond motifs is 5. The van der Waals surface area contributed by atoms with Crippen LogP contribution in [0.3, 0.4) is 0 Å². The van der Waals surface area contributed by atoms with Crippen LogP contribution in [0, 0.1) is 5.92 Å². The Morgan fingerprint density at radius 3 is 2.66 bits per heavy atom. The minimum absolute atomic E-state index is 0.0776. The van der Waals surface area contributed by atoms with E-state index in [-0.39, 0.29) is 23.8 Å². The second-order valence-electron chi connectivity index (χ2n) is 10.4. The lowest BCUT2D eigenvalue weighted by atomic mass is 9.85. The van der Waals surface area contributed by atoms with E-state index in [4.69, 9.17) is 9.47 Å². The lowest BCUT2D eigenvalue weighted by Gasteiger charge is -2.41. The second-order valence-corrected chi connectivity index (χ2v) is 10.4. The van der Waals surface area contributed by atoms with E-state index in [1.54, 1.807) is 6.92 Å². The molecule has 1 atom stereocenters. The van der Waals surface area contributed by atoms with Gasteiger partial charge in [0.15, 0.2) is 0 Å². The minimum Gasteiger partial charge on any atom is -0.494 e. The molecule has 7 rings (SSSR count). The van der Waals surface area contributed by atoms with Gasteiger partial charge in [-0.25, -0.2) is 0 Å². The number of hydrogen-bond donors (Lipinski definition) is 0. The van der Waals surface area contributed by atoms with Crippen LogP contribution in [-0.2, 0) is 29.2 Å². The first-order valence-electron chi connectivity index (χ1n) is 13.5. The molecule has 3 aromatic rings. The molecule has 9 nitrogen and oxygen atoms in total. The van der Waals surface area contributed by atoms with Crippen molar-refractivity contribution >= 4 is 11.8 Å². The van der Waals surface area contributed by atoms with E-state index in [1.165, 1.54) is 5.56 Å². The van der Waals surface area contributed by atoms with Crippen LogP contribution in [0.5, 0.6) is 11.5 Å². The van der Waals surface area contributed by atoms with Crippen LogP contribution in [0.1, 0.15) is 54.6 Å². The van der Waals surface area contributed by atoms with Gasteiger partial charge in [-0.3, -0.25) is 14.3 Å². The molecular weight excluding hydrogens is 482 g/mol. The van der Waals surface area contributed by atoms with Gasteiger partial charge in [0.25, 0.3) is 0 Å². The molecule has 5 heterocycles. The Morgan fingerprint density at radius 1 is 0.974 bits per heavy atom. The molecule has 0 spiro atoms. The fraction of sp³-hybridized carbons (Fsp3) is 0.448. The predicted octanol–water partition coefficient (Wildman–Crippen LogP) is 3.37. The van der Waals surface area contributed by atoms with Crippen LogP contribution in [0.25, 0.3) is 0 Å². The maximum atomic E-state index is 13.9. The minimum atomic E-state index is -0.205. The highest BCUT2D eigenvalue weighted by atomic mass is 16.5. The van der Waals surface area contributed by atoms with Gasteiger partial charge in [0.1, 0.15) is 23.8 Å². The Balaban J connectivity index is 1.33. The number of rotatable bonds is 1. The van der Waals surface area contributed by atoms with E-state index in [9.17, 15) is 9.59 Å². The average Bonchev–Trinajstić information content (AvgIpc) is 3.40. The molecule has 1 aromatic heterocycles. The quantitative estimate of drug-likeness (QED) is 0.494. The molecular formula is C29H33N5O4. The lowest BCUT2D eigenvalue weighted by Crippen LogP contribution is -2.47. The lowest BCUT2D eigenvalue weighted by molar-refractivity contribution is -0.141. The predicted molar refractivity (Wildman–Crippen MR) is 140 cm³/mol. The maximum Gasteiger partial charge on any atom is 0.226 e. The number of amides is 2. The van der Waals surface area contributed by atoms with Gasteiger partial charge < -0.3 is 19.3 Å². The standard InChI is InChI=1S/C29H33N5O4/c1-20(35)32-12-8-21(9-13-32)29(36)34-14-10-22-16-26-6-7-27(22)28(34)23-4-2-5-25(17-23)37-15-3-11-33-18-24(19-38-26)30-31-33/h2,4-7,16-18,21,28H,3,8-15,19H2,1H3. The van der Waals surface area contributed by atoms with E-state index in [2.05, 4.69) is 34.6 Å². The summed E-state index contributed by atoms with van der Waals surface area (Å²) in [5.74, 6) is 1.75. The molecule has 1 unspecified atom stereocenters. The molecule has 9 heteroatoms. The summed E-state index contributed by atoms with van der Waals surface area (Å²) in [6, 6.07) is 14.1. The summed E-state index contributed by atoms with van der Waals surface area (Å²) in [6.45, 7) is 5.11. The number of benzene rings is 2. The fourth-order valence-electron chi connectivity index (χ4n) is 5.83. The molecule has 8 bridgehead atoms. The molecule has 2 aromatic carbocycles. The highest BCUT2D eigenvalue weighted by Gasteiger charge is 2.37. The van der Waals surface area contributed by atoms with E-state index < -0.39 is 0 Å². The number of carbonyl (C=O) groups excluding carboxylic acids is 2. The number of carbonyl (C=O) groups is 2. The molecule has 1 saturated heterocycles. The summed E-state index contributed by atoms with van der Waals surface area (Å²) in [4.78, 5) is 29.6. The van der Waals surface area contributed by atoms with E-state index >= 15 is 0 Å². The van der Waals surface area contributed by atoms with Crippen LogP contribution in [-0.4, -0.2) is 62.8 Å². The van der Waals surface area contributed by atoms with E-state index in [0.717, 1.165) is 41.2 Å². The van der Waals surface area contributed by atoms with E-state index in [0.29, 0.717) is 52.2 Å². The van der Waals surface area contributed by atoms with Crippen LogP contribution in [0.4, 0.5) is 0 Å². The van der Waals surface area contributed by atoms with Crippen molar-refractivity contribution in [2.24, 2.45) is 5.92 Å². The topological polar surface area (TPSA) is 89.8 Å². The zero-order chi connectivity index (χ0) is 26.1. The average molecular weight is 516 g/mol. The summed E-state index contributed by atoms with van der Waals surface area (Å²) in [5, 5.41) is 8.43.